The van der Waals surface area contributed by atoms with Crippen molar-refractivity contribution in [2.45, 2.75) is 38.3 Å². The molecule has 1 aliphatic rings. The van der Waals surface area contributed by atoms with Crippen molar-refractivity contribution in [1.29, 1.82) is 0 Å². The maximum absolute atomic E-state index is 11.9. The second-order valence-electron chi connectivity index (χ2n) is 5.07. The third-order valence-electron chi connectivity index (χ3n) is 3.26. The maximum Gasteiger partial charge on any atom is 0.260 e. The lowest BCUT2D eigenvalue weighted by Gasteiger charge is -2.17. The van der Waals surface area contributed by atoms with Crippen LogP contribution in [0.3, 0.4) is 0 Å². The van der Waals surface area contributed by atoms with Crippen LogP contribution in [0.4, 0.5) is 0 Å². The number of carbonyl (C=O) groups excluding carboxylic acids is 1. The molecule has 3 N–H and O–H groups in total. The molecule has 1 atom stereocenters. The molecule has 1 fully saturated rings. The Morgan fingerprint density at radius 3 is 2.80 bits per heavy atom. The number of ether oxygens (including phenoxy) is 2. The summed E-state index contributed by atoms with van der Waals surface area (Å²) in [6.45, 7) is 2.33. The molecule has 0 aromatic heterocycles. The molecular weight excluding hydrogens is 256 g/mol. The van der Waals surface area contributed by atoms with E-state index in [1.807, 2.05) is 18.2 Å². The molecule has 0 radical (unpaired) electrons. The molecule has 1 aromatic carbocycles. The largest absolute Gasteiger partial charge is 0.493 e. The molecule has 1 amide bonds. The van der Waals surface area contributed by atoms with Crippen LogP contribution in [0.25, 0.3) is 0 Å². The van der Waals surface area contributed by atoms with Crippen LogP contribution in [0.1, 0.15) is 25.3 Å². The van der Waals surface area contributed by atoms with Gasteiger partial charge >= 0.3 is 0 Å². The van der Waals surface area contributed by atoms with Gasteiger partial charge in [-0.3, -0.25) is 4.79 Å². The molecule has 1 aromatic rings. The van der Waals surface area contributed by atoms with Crippen LogP contribution in [0.5, 0.6) is 11.5 Å². The SMILES string of the molecule is COc1cc(CCN)ccc1OC(C)C(=O)NC1CC1. The predicted octanol–water partition coefficient (Wildman–Crippen LogP) is 1.24. The van der Waals surface area contributed by atoms with Gasteiger partial charge in [0.2, 0.25) is 0 Å². The summed E-state index contributed by atoms with van der Waals surface area (Å²) < 4.78 is 11.0. The Morgan fingerprint density at radius 2 is 2.20 bits per heavy atom. The fraction of sp³-hybridized carbons (Fsp3) is 0.533. The van der Waals surface area contributed by atoms with E-state index < -0.39 is 6.10 Å². The number of carbonyl (C=O) groups is 1. The molecule has 5 nitrogen and oxygen atoms in total. The zero-order valence-corrected chi connectivity index (χ0v) is 12.0. The van der Waals surface area contributed by atoms with Gasteiger partial charge in [-0.2, -0.15) is 0 Å². The molecule has 0 bridgehead atoms. The third kappa shape index (κ3) is 3.87. The first-order valence-electron chi connectivity index (χ1n) is 6.98. The van der Waals surface area contributed by atoms with Crippen molar-refractivity contribution in [2.24, 2.45) is 5.73 Å². The lowest BCUT2D eigenvalue weighted by atomic mass is 10.1. The number of benzene rings is 1. The Hall–Kier alpha value is -1.75. The van der Waals surface area contributed by atoms with E-state index in [4.69, 9.17) is 15.2 Å². The molecule has 110 valence electrons. The lowest BCUT2D eigenvalue weighted by Crippen LogP contribution is -2.37. The highest BCUT2D eigenvalue weighted by molar-refractivity contribution is 5.81. The molecule has 1 saturated carbocycles. The Balaban J connectivity index is 2.01. The fourth-order valence-corrected chi connectivity index (χ4v) is 1.92. The minimum absolute atomic E-state index is 0.0828. The van der Waals surface area contributed by atoms with Crippen molar-refractivity contribution >= 4 is 5.91 Å². The van der Waals surface area contributed by atoms with Gasteiger partial charge in [-0.1, -0.05) is 6.07 Å². The lowest BCUT2D eigenvalue weighted by molar-refractivity contribution is -0.127. The van der Waals surface area contributed by atoms with Gasteiger partial charge in [0.05, 0.1) is 7.11 Å². The molecule has 0 heterocycles. The molecule has 0 spiro atoms. The van der Waals surface area contributed by atoms with Crippen LogP contribution < -0.4 is 20.5 Å². The quantitative estimate of drug-likeness (QED) is 0.787. The highest BCUT2D eigenvalue weighted by Gasteiger charge is 2.26. The molecule has 5 heteroatoms. The second-order valence-corrected chi connectivity index (χ2v) is 5.07. The summed E-state index contributed by atoms with van der Waals surface area (Å²) in [4.78, 5) is 11.9. The van der Waals surface area contributed by atoms with E-state index in [2.05, 4.69) is 5.32 Å². The van der Waals surface area contributed by atoms with Crippen molar-refractivity contribution in [1.82, 2.24) is 5.32 Å². The summed E-state index contributed by atoms with van der Waals surface area (Å²) in [5, 5.41) is 2.92. The average Bonchev–Trinajstić information content (AvgIpc) is 3.24. The maximum atomic E-state index is 11.9. The van der Waals surface area contributed by atoms with Crippen molar-refractivity contribution < 1.29 is 14.3 Å². The molecule has 1 unspecified atom stereocenters. The van der Waals surface area contributed by atoms with Crippen molar-refractivity contribution in [3.8, 4) is 11.5 Å². The molecule has 0 aliphatic heterocycles. The van der Waals surface area contributed by atoms with Crippen LogP contribution in [-0.2, 0) is 11.2 Å². The first-order chi connectivity index (χ1) is 9.63. The van der Waals surface area contributed by atoms with E-state index in [1.54, 1.807) is 14.0 Å². The number of methoxy groups -OCH3 is 1. The minimum Gasteiger partial charge on any atom is -0.493 e. The first kappa shape index (κ1) is 14.7. The molecule has 2 rings (SSSR count). The smallest absolute Gasteiger partial charge is 0.260 e. The van der Waals surface area contributed by atoms with E-state index in [-0.39, 0.29) is 5.91 Å². The van der Waals surface area contributed by atoms with Crippen LogP contribution >= 0.6 is 0 Å². The van der Waals surface area contributed by atoms with Crippen LogP contribution in [0, 0.1) is 0 Å². The standard InChI is InChI=1S/C15H22N2O3/c1-10(15(18)17-12-4-5-12)20-13-6-3-11(7-8-16)9-14(13)19-2/h3,6,9-10,12H,4-5,7-8,16H2,1-2H3,(H,17,18). The summed E-state index contributed by atoms with van der Waals surface area (Å²) in [5.74, 6) is 1.12. The Morgan fingerprint density at radius 1 is 1.45 bits per heavy atom. The molecule has 20 heavy (non-hydrogen) atoms. The number of nitrogens with one attached hydrogen (secondary N) is 1. The number of nitrogens with two attached hydrogens (primary N) is 1. The van der Waals surface area contributed by atoms with E-state index in [0.29, 0.717) is 24.1 Å². The van der Waals surface area contributed by atoms with Gasteiger partial charge in [0.25, 0.3) is 5.91 Å². The van der Waals surface area contributed by atoms with E-state index in [0.717, 1.165) is 24.8 Å². The van der Waals surface area contributed by atoms with E-state index in [1.165, 1.54) is 0 Å². The topological polar surface area (TPSA) is 73.6 Å². The average molecular weight is 278 g/mol. The zero-order valence-electron chi connectivity index (χ0n) is 12.0. The summed E-state index contributed by atoms with van der Waals surface area (Å²) in [5.41, 5.74) is 6.63. The Kier molecular flexibility index (Phi) is 4.84. The van der Waals surface area contributed by atoms with Gasteiger partial charge in [0.15, 0.2) is 17.6 Å². The summed E-state index contributed by atoms with van der Waals surface area (Å²) in [7, 11) is 1.59. The van der Waals surface area contributed by atoms with E-state index >= 15 is 0 Å². The van der Waals surface area contributed by atoms with Gasteiger partial charge in [-0.25, -0.2) is 0 Å². The van der Waals surface area contributed by atoms with Gasteiger partial charge in [-0.05, 0) is 50.4 Å². The Bertz CT molecular complexity index is 472. The monoisotopic (exact) mass is 278 g/mol. The number of hydrogen-bond acceptors (Lipinski definition) is 4. The minimum atomic E-state index is -0.537. The number of rotatable bonds is 7. The van der Waals surface area contributed by atoms with Gasteiger partial charge in [0, 0.05) is 6.04 Å². The zero-order chi connectivity index (χ0) is 14.5. The fourth-order valence-electron chi connectivity index (χ4n) is 1.92. The van der Waals surface area contributed by atoms with Gasteiger partial charge in [-0.15, -0.1) is 0 Å². The highest BCUT2D eigenvalue weighted by Crippen LogP contribution is 2.29. The molecule has 1 aliphatic carbocycles. The summed E-state index contributed by atoms with van der Waals surface area (Å²) in [6, 6.07) is 6.00. The molecular formula is C15H22N2O3. The number of hydrogen-bond donors (Lipinski definition) is 2. The van der Waals surface area contributed by atoms with Gasteiger partial charge < -0.3 is 20.5 Å². The second kappa shape index (κ2) is 6.61. The number of amides is 1. The van der Waals surface area contributed by atoms with Crippen LogP contribution in [0.15, 0.2) is 18.2 Å². The van der Waals surface area contributed by atoms with E-state index in [9.17, 15) is 4.79 Å². The van der Waals surface area contributed by atoms with Crippen molar-refractivity contribution in [3.63, 3.8) is 0 Å². The molecule has 0 saturated heterocycles. The summed E-state index contributed by atoms with van der Waals surface area (Å²) >= 11 is 0. The van der Waals surface area contributed by atoms with Crippen LogP contribution in [-0.4, -0.2) is 31.7 Å². The normalized spacial score (nSPS) is 15.6. The van der Waals surface area contributed by atoms with Crippen LogP contribution in [0.2, 0.25) is 0 Å². The van der Waals surface area contributed by atoms with Gasteiger partial charge in [0.1, 0.15) is 0 Å². The van der Waals surface area contributed by atoms with Crippen molar-refractivity contribution in [2.75, 3.05) is 13.7 Å². The third-order valence-corrected chi connectivity index (χ3v) is 3.26. The van der Waals surface area contributed by atoms with Crippen molar-refractivity contribution in [3.05, 3.63) is 23.8 Å². The first-order valence-corrected chi connectivity index (χ1v) is 6.98. The predicted molar refractivity (Wildman–Crippen MR) is 77.0 cm³/mol. The Labute approximate surface area is 119 Å². The summed E-state index contributed by atoms with van der Waals surface area (Å²) in [6.07, 6.45) is 2.38. The highest BCUT2D eigenvalue weighted by atomic mass is 16.5.